The molecule has 0 N–H and O–H groups in total. The third kappa shape index (κ3) is 5.43. The fraction of sp³-hybridized carbons (Fsp3) is 0.455. The number of halogens is 4. The summed E-state index contributed by atoms with van der Waals surface area (Å²) >= 11 is 6.36. The summed E-state index contributed by atoms with van der Waals surface area (Å²) in [6, 6.07) is 2.97. The number of hydrogen-bond donors (Lipinski definition) is 0. The number of nitrogens with zero attached hydrogens (tertiary/aromatic N) is 2. The SMILES string of the molecule is CC(C)=C(C)c1c(Cl)ccc(C(=O)c2c(C)nn(CC(C)C)c2OS(=O)(=O)C(F)(F)F)c1C. The van der Waals surface area contributed by atoms with E-state index < -0.39 is 27.3 Å². The molecule has 0 spiro atoms. The first-order valence-corrected chi connectivity index (χ1v) is 11.8. The summed E-state index contributed by atoms with van der Waals surface area (Å²) < 4.78 is 68.2. The molecule has 1 aromatic heterocycles. The Labute approximate surface area is 196 Å². The van der Waals surface area contributed by atoms with Crippen molar-refractivity contribution in [2.24, 2.45) is 5.92 Å². The highest BCUT2D eigenvalue weighted by Crippen LogP contribution is 2.36. The van der Waals surface area contributed by atoms with Gasteiger partial charge in [-0.1, -0.05) is 31.0 Å². The summed E-state index contributed by atoms with van der Waals surface area (Å²) in [4.78, 5) is 13.5. The molecule has 0 saturated heterocycles. The molecule has 0 bridgehead atoms. The van der Waals surface area contributed by atoms with Crippen molar-refractivity contribution < 1.29 is 30.6 Å². The number of carbonyl (C=O) groups is 1. The highest BCUT2D eigenvalue weighted by Gasteiger charge is 2.50. The smallest absolute Gasteiger partial charge is 0.355 e. The van der Waals surface area contributed by atoms with Gasteiger partial charge in [-0.15, -0.1) is 0 Å². The molecule has 0 atom stereocenters. The molecule has 0 aliphatic carbocycles. The Morgan fingerprint density at radius 3 is 2.21 bits per heavy atom. The number of benzene rings is 1. The number of aryl methyl sites for hydroxylation is 1. The van der Waals surface area contributed by atoms with Gasteiger partial charge < -0.3 is 4.18 Å². The van der Waals surface area contributed by atoms with Crippen molar-refractivity contribution in [1.29, 1.82) is 0 Å². The van der Waals surface area contributed by atoms with Crippen LogP contribution in [0, 0.1) is 19.8 Å². The Hall–Kier alpha value is -2.33. The van der Waals surface area contributed by atoms with E-state index in [2.05, 4.69) is 9.28 Å². The first-order chi connectivity index (χ1) is 15.0. The van der Waals surface area contributed by atoms with Crippen LogP contribution in [0.4, 0.5) is 13.2 Å². The number of allylic oxidation sites excluding steroid dienone is 2. The fourth-order valence-corrected chi connectivity index (χ4v) is 4.11. The average Bonchev–Trinajstić information content (AvgIpc) is 2.93. The molecule has 6 nitrogen and oxygen atoms in total. The zero-order chi connectivity index (χ0) is 25.5. The highest BCUT2D eigenvalue weighted by molar-refractivity contribution is 7.88. The molecule has 1 heterocycles. The largest absolute Gasteiger partial charge is 0.534 e. The van der Waals surface area contributed by atoms with E-state index in [9.17, 15) is 26.4 Å². The number of hydrogen-bond acceptors (Lipinski definition) is 5. The van der Waals surface area contributed by atoms with Crippen LogP contribution in [0.5, 0.6) is 5.88 Å². The van der Waals surface area contributed by atoms with Gasteiger partial charge in [0.2, 0.25) is 11.7 Å². The van der Waals surface area contributed by atoms with E-state index in [1.807, 2.05) is 20.8 Å². The Balaban J connectivity index is 2.78. The number of rotatable bonds is 7. The Morgan fingerprint density at radius 2 is 1.73 bits per heavy atom. The minimum absolute atomic E-state index is 0.0402. The lowest BCUT2D eigenvalue weighted by atomic mass is 9.91. The van der Waals surface area contributed by atoms with Gasteiger partial charge in [-0.3, -0.25) is 4.79 Å². The van der Waals surface area contributed by atoms with Crippen molar-refractivity contribution >= 4 is 33.1 Å². The van der Waals surface area contributed by atoms with Crippen LogP contribution in [-0.2, 0) is 16.7 Å². The van der Waals surface area contributed by atoms with E-state index in [1.54, 1.807) is 20.8 Å². The monoisotopic (exact) mass is 506 g/mol. The molecule has 11 heteroatoms. The van der Waals surface area contributed by atoms with E-state index in [0.717, 1.165) is 15.8 Å². The van der Waals surface area contributed by atoms with Gasteiger partial charge >= 0.3 is 15.6 Å². The molecule has 1 aromatic carbocycles. The molecule has 0 aliphatic rings. The number of ketones is 1. The van der Waals surface area contributed by atoms with E-state index >= 15 is 0 Å². The van der Waals surface area contributed by atoms with Crippen LogP contribution in [-0.4, -0.2) is 29.5 Å². The molecule has 0 fully saturated rings. The Kier molecular flexibility index (Phi) is 7.75. The second kappa shape index (κ2) is 9.50. The maximum Gasteiger partial charge on any atom is 0.534 e. The number of carbonyl (C=O) groups excluding carboxylic acids is 1. The normalized spacial score (nSPS) is 12.2. The lowest BCUT2D eigenvalue weighted by Crippen LogP contribution is -2.29. The lowest BCUT2D eigenvalue weighted by molar-refractivity contribution is -0.0503. The predicted molar refractivity (Wildman–Crippen MR) is 121 cm³/mol. The quantitative estimate of drug-likeness (QED) is 0.258. The lowest BCUT2D eigenvalue weighted by Gasteiger charge is -2.16. The van der Waals surface area contributed by atoms with Gasteiger partial charge in [0.05, 0.1) is 5.69 Å². The van der Waals surface area contributed by atoms with E-state index in [4.69, 9.17) is 11.6 Å². The minimum atomic E-state index is -6.03. The van der Waals surface area contributed by atoms with Crippen LogP contribution in [0.3, 0.4) is 0 Å². The number of aromatic nitrogens is 2. The van der Waals surface area contributed by atoms with Crippen molar-refractivity contribution in [3.8, 4) is 5.88 Å². The molecular formula is C22H26ClF3N2O4S. The molecule has 0 saturated carbocycles. The Morgan fingerprint density at radius 1 is 1.15 bits per heavy atom. The molecule has 0 unspecified atom stereocenters. The second-order valence-corrected chi connectivity index (χ2v) is 10.3. The molecule has 0 aliphatic heterocycles. The van der Waals surface area contributed by atoms with E-state index in [-0.39, 0.29) is 29.3 Å². The van der Waals surface area contributed by atoms with Crippen LogP contribution in [0.2, 0.25) is 5.02 Å². The molecule has 0 amide bonds. The fourth-order valence-electron chi connectivity index (χ4n) is 3.30. The molecule has 2 rings (SSSR count). The third-order valence-electron chi connectivity index (χ3n) is 5.10. The Bertz CT molecular complexity index is 1230. The summed E-state index contributed by atoms with van der Waals surface area (Å²) in [6.07, 6.45) is 0. The van der Waals surface area contributed by atoms with Gasteiger partial charge in [0.1, 0.15) is 5.56 Å². The second-order valence-electron chi connectivity index (χ2n) is 8.37. The van der Waals surface area contributed by atoms with Crippen LogP contribution >= 0.6 is 11.6 Å². The summed E-state index contributed by atoms with van der Waals surface area (Å²) in [6.45, 7) is 12.2. The van der Waals surface area contributed by atoms with E-state index in [0.29, 0.717) is 16.1 Å². The van der Waals surface area contributed by atoms with Crippen LogP contribution < -0.4 is 4.18 Å². The molecule has 0 radical (unpaired) electrons. The molecule has 2 aromatic rings. The maximum absolute atomic E-state index is 13.5. The average molecular weight is 507 g/mol. The van der Waals surface area contributed by atoms with Gasteiger partial charge in [-0.05, 0) is 69.4 Å². The zero-order valence-electron chi connectivity index (χ0n) is 19.4. The molecular weight excluding hydrogens is 481 g/mol. The third-order valence-corrected chi connectivity index (χ3v) is 6.36. The van der Waals surface area contributed by atoms with Gasteiger partial charge in [0, 0.05) is 17.1 Å². The van der Waals surface area contributed by atoms with Gasteiger partial charge in [0.25, 0.3) is 0 Å². The van der Waals surface area contributed by atoms with Gasteiger partial charge in [-0.2, -0.15) is 26.7 Å². The zero-order valence-corrected chi connectivity index (χ0v) is 21.0. The summed E-state index contributed by atoms with van der Waals surface area (Å²) in [5.41, 5.74) is -2.89. The summed E-state index contributed by atoms with van der Waals surface area (Å²) in [5.74, 6) is -1.60. The van der Waals surface area contributed by atoms with Gasteiger partial charge in [-0.25, -0.2) is 4.68 Å². The summed E-state index contributed by atoms with van der Waals surface area (Å²) in [5, 5.41) is 4.51. The predicted octanol–water partition coefficient (Wildman–Crippen LogP) is 6.08. The highest BCUT2D eigenvalue weighted by atomic mass is 35.5. The van der Waals surface area contributed by atoms with Crippen LogP contribution in [0.1, 0.15) is 67.4 Å². The van der Waals surface area contributed by atoms with Crippen molar-refractivity contribution in [2.45, 2.75) is 60.5 Å². The minimum Gasteiger partial charge on any atom is -0.355 e. The topological polar surface area (TPSA) is 78.3 Å². The molecule has 33 heavy (non-hydrogen) atoms. The number of alkyl halides is 3. The first kappa shape index (κ1) is 26.9. The van der Waals surface area contributed by atoms with Crippen molar-refractivity contribution in [2.75, 3.05) is 0 Å². The summed E-state index contributed by atoms with van der Waals surface area (Å²) in [7, 11) is -6.03. The van der Waals surface area contributed by atoms with E-state index in [1.165, 1.54) is 19.1 Å². The maximum atomic E-state index is 13.5. The van der Waals surface area contributed by atoms with Crippen molar-refractivity contribution in [3.05, 3.63) is 50.7 Å². The van der Waals surface area contributed by atoms with Crippen molar-refractivity contribution in [1.82, 2.24) is 9.78 Å². The van der Waals surface area contributed by atoms with Crippen LogP contribution in [0.25, 0.3) is 5.57 Å². The van der Waals surface area contributed by atoms with Crippen LogP contribution in [0.15, 0.2) is 17.7 Å². The standard InChI is InChI=1S/C22H26ClF3N2O4S/c1-11(2)10-28-21(32-33(30,31)22(24,25)26)19(15(7)27-28)20(29)16-8-9-17(23)18(14(16)6)13(5)12(3)4/h8-9,11H,10H2,1-7H3. The van der Waals surface area contributed by atoms with Gasteiger partial charge in [0.15, 0.2) is 0 Å². The molecule has 182 valence electrons. The first-order valence-electron chi connectivity index (χ1n) is 10.1. The van der Waals surface area contributed by atoms with Crippen molar-refractivity contribution in [3.63, 3.8) is 0 Å².